The fourth-order valence-corrected chi connectivity index (χ4v) is 0.633. The number of nitrogens with one attached hydrogen (secondary N) is 2. The Morgan fingerprint density at radius 2 is 1.78 bits per heavy atom. The molecule has 1 fully saturated rings. The number of carbonyl (C=O) groups excluding carboxylic acids is 1. The Labute approximate surface area is 53.5 Å². The van der Waals surface area contributed by atoms with Crippen LogP contribution < -0.4 is 10.9 Å². The summed E-state index contributed by atoms with van der Waals surface area (Å²) in [6.45, 7) is 0.596. The van der Waals surface area contributed by atoms with Crippen molar-refractivity contribution in [2.75, 3.05) is 20.8 Å². The van der Waals surface area contributed by atoms with E-state index in [1.165, 1.54) is 10.0 Å². The van der Waals surface area contributed by atoms with Crippen LogP contribution >= 0.6 is 0 Å². The number of carbonyl (C=O) groups is 1. The van der Waals surface area contributed by atoms with Gasteiger partial charge in [-0.1, -0.05) is 0 Å². The van der Waals surface area contributed by atoms with Gasteiger partial charge >= 0.3 is 6.03 Å². The molecule has 52 valence electrons. The zero-order valence-corrected chi connectivity index (χ0v) is 5.51. The minimum absolute atomic E-state index is 0.0822. The molecule has 0 bridgehead atoms. The van der Waals surface area contributed by atoms with E-state index in [1.807, 2.05) is 0 Å². The van der Waals surface area contributed by atoms with E-state index in [0.717, 1.165) is 0 Å². The quantitative estimate of drug-likeness (QED) is 0.440. The highest BCUT2D eigenvalue weighted by atomic mass is 16.2. The molecule has 0 aromatic heterocycles. The maximum atomic E-state index is 10.9. The van der Waals surface area contributed by atoms with Gasteiger partial charge in [-0.3, -0.25) is 10.0 Å². The van der Waals surface area contributed by atoms with Crippen LogP contribution in [-0.2, 0) is 0 Å². The van der Waals surface area contributed by atoms with Crippen molar-refractivity contribution in [3.8, 4) is 0 Å². The summed E-state index contributed by atoms with van der Waals surface area (Å²) in [5.41, 5.74) is 5.59. The van der Waals surface area contributed by atoms with Crippen LogP contribution in [0.5, 0.6) is 0 Å². The molecule has 0 aromatic rings. The molecule has 0 unspecified atom stereocenters. The lowest BCUT2D eigenvalue weighted by atomic mass is 10.8. The van der Waals surface area contributed by atoms with Crippen molar-refractivity contribution in [3.05, 3.63) is 0 Å². The highest BCUT2D eigenvalue weighted by molar-refractivity contribution is 5.73. The summed E-state index contributed by atoms with van der Waals surface area (Å²) in [5, 5.41) is 2.85. The molecular formula is C4H10N4O. The molecule has 1 saturated heterocycles. The lowest BCUT2D eigenvalue weighted by molar-refractivity contribution is 0.0929. The molecule has 0 aromatic carbocycles. The lowest BCUT2D eigenvalue weighted by Gasteiger charge is -2.31. The summed E-state index contributed by atoms with van der Waals surface area (Å²) in [4.78, 5) is 10.9. The third-order valence-corrected chi connectivity index (χ3v) is 1.21. The molecule has 0 radical (unpaired) electrons. The molecule has 9 heavy (non-hydrogen) atoms. The molecule has 0 saturated carbocycles. The highest BCUT2D eigenvalue weighted by Gasteiger charge is 2.17. The van der Waals surface area contributed by atoms with Gasteiger partial charge in [0.2, 0.25) is 0 Å². The number of urea groups is 1. The van der Waals surface area contributed by atoms with Crippen molar-refractivity contribution in [1.82, 2.24) is 20.9 Å². The molecule has 0 aliphatic carbocycles. The molecule has 1 rings (SSSR count). The van der Waals surface area contributed by atoms with Crippen LogP contribution in [0.2, 0.25) is 0 Å². The molecule has 0 spiro atoms. The fraction of sp³-hybridized carbons (Fsp3) is 0.750. The molecular weight excluding hydrogens is 120 g/mol. The van der Waals surface area contributed by atoms with Crippen LogP contribution in [0.4, 0.5) is 4.79 Å². The number of hydrogen-bond acceptors (Lipinski definition) is 3. The highest BCUT2D eigenvalue weighted by Crippen LogP contribution is 1.89. The Balaban J connectivity index is 2.52. The van der Waals surface area contributed by atoms with Gasteiger partial charge in [0.1, 0.15) is 0 Å². The Hall–Kier alpha value is -0.810. The summed E-state index contributed by atoms with van der Waals surface area (Å²) in [6.07, 6.45) is 0. The second kappa shape index (κ2) is 2.20. The minimum atomic E-state index is -0.0822. The number of rotatable bonds is 0. The van der Waals surface area contributed by atoms with Gasteiger partial charge in [0.15, 0.2) is 0 Å². The van der Waals surface area contributed by atoms with Gasteiger partial charge in [0.25, 0.3) is 0 Å². The van der Waals surface area contributed by atoms with Crippen molar-refractivity contribution in [3.63, 3.8) is 0 Å². The lowest BCUT2D eigenvalue weighted by Crippen LogP contribution is -2.60. The van der Waals surface area contributed by atoms with E-state index >= 15 is 0 Å². The van der Waals surface area contributed by atoms with Crippen LogP contribution in [0, 0.1) is 0 Å². The van der Waals surface area contributed by atoms with Crippen LogP contribution in [-0.4, -0.2) is 36.8 Å². The maximum absolute atomic E-state index is 10.9. The monoisotopic (exact) mass is 130 g/mol. The Bertz CT molecular complexity index is 114. The Morgan fingerprint density at radius 3 is 2.11 bits per heavy atom. The molecule has 2 N–H and O–H groups in total. The van der Waals surface area contributed by atoms with Gasteiger partial charge in [-0.25, -0.2) is 15.6 Å². The predicted molar refractivity (Wildman–Crippen MR) is 32.1 cm³/mol. The maximum Gasteiger partial charge on any atom is 0.348 e. The molecule has 1 aliphatic rings. The third kappa shape index (κ3) is 1.11. The van der Waals surface area contributed by atoms with Gasteiger partial charge in [0.05, 0.1) is 6.67 Å². The first kappa shape index (κ1) is 6.31. The zero-order valence-electron chi connectivity index (χ0n) is 5.51. The van der Waals surface area contributed by atoms with E-state index in [0.29, 0.717) is 6.67 Å². The summed E-state index contributed by atoms with van der Waals surface area (Å²) < 4.78 is 0. The van der Waals surface area contributed by atoms with Gasteiger partial charge in [-0.2, -0.15) is 0 Å². The van der Waals surface area contributed by atoms with Crippen molar-refractivity contribution < 1.29 is 4.79 Å². The molecule has 1 aliphatic heterocycles. The van der Waals surface area contributed by atoms with Crippen molar-refractivity contribution in [1.29, 1.82) is 0 Å². The Morgan fingerprint density at radius 1 is 1.33 bits per heavy atom. The molecule has 1 heterocycles. The van der Waals surface area contributed by atoms with Gasteiger partial charge < -0.3 is 0 Å². The first-order chi connectivity index (χ1) is 4.22. The van der Waals surface area contributed by atoms with Gasteiger partial charge in [0, 0.05) is 14.1 Å². The fourth-order valence-electron chi connectivity index (χ4n) is 0.633. The smallest absolute Gasteiger partial charge is 0.260 e. The third-order valence-electron chi connectivity index (χ3n) is 1.21. The standard InChI is InChI=1S/C4H10N4O/c1-7-4(9)8(2)6-3-5-7/h5-6H,3H2,1-2H3. The van der Waals surface area contributed by atoms with Gasteiger partial charge in [-0.05, 0) is 0 Å². The second-order valence-electron chi connectivity index (χ2n) is 1.89. The summed E-state index contributed by atoms with van der Waals surface area (Å²) in [6, 6.07) is -0.0822. The van der Waals surface area contributed by atoms with E-state index in [2.05, 4.69) is 10.9 Å². The number of amides is 2. The largest absolute Gasteiger partial charge is 0.348 e. The summed E-state index contributed by atoms with van der Waals surface area (Å²) in [5.74, 6) is 0. The van der Waals surface area contributed by atoms with E-state index in [-0.39, 0.29) is 6.03 Å². The minimum Gasteiger partial charge on any atom is -0.260 e. The first-order valence-corrected chi connectivity index (χ1v) is 2.70. The van der Waals surface area contributed by atoms with Crippen LogP contribution in [0.25, 0.3) is 0 Å². The predicted octanol–water partition coefficient (Wildman–Crippen LogP) is -1.05. The second-order valence-corrected chi connectivity index (χ2v) is 1.89. The number of nitrogens with zero attached hydrogens (tertiary/aromatic N) is 2. The molecule has 5 heteroatoms. The topological polar surface area (TPSA) is 47.6 Å². The average Bonchev–Trinajstić information content (AvgIpc) is 1.83. The van der Waals surface area contributed by atoms with Crippen LogP contribution in [0.3, 0.4) is 0 Å². The molecule has 0 atom stereocenters. The van der Waals surface area contributed by atoms with E-state index in [4.69, 9.17) is 0 Å². The number of hydrazine groups is 2. The SMILES string of the molecule is CN1NCNN(C)C1=O. The average molecular weight is 130 g/mol. The summed E-state index contributed by atoms with van der Waals surface area (Å²) >= 11 is 0. The van der Waals surface area contributed by atoms with Crippen LogP contribution in [0.1, 0.15) is 0 Å². The van der Waals surface area contributed by atoms with Gasteiger partial charge in [-0.15, -0.1) is 0 Å². The van der Waals surface area contributed by atoms with E-state index in [1.54, 1.807) is 14.1 Å². The summed E-state index contributed by atoms with van der Waals surface area (Å²) in [7, 11) is 3.36. The normalized spacial score (nSPS) is 20.9. The van der Waals surface area contributed by atoms with Crippen molar-refractivity contribution >= 4 is 6.03 Å². The zero-order chi connectivity index (χ0) is 6.85. The van der Waals surface area contributed by atoms with Crippen molar-refractivity contribution in [2.24, 2.45) is 0 Å². The van der Waals surface area contributed by atoms with Crippen molar-refractivity contribution in [2.45, 2.75) is 0 Å². The van der Waals surface area contributed by atoms with Crippen LogP contribution in [0.15, 0.2) is 0 Å². The van der Waals surface area contributed by atoms with E-state index < -0.39 is 0 Å². The number of hydrogen-bond donors (Lipinski definition) is 2. The molecule has 2 amide bonds. The Kier molecular flexibility index (Phi) is 1.54. The van der Waals surface area contributed by atoms with E-state index in [9.17, 15) is 4.79 Å². The first-order valence-electron chi connectivity index (χ1n) is 2.70. The molecule has 5 nitrogen and oxygen atoms in total.